The second-order valence-electron chi connectivity index (χ2n) is 4.42. The highest BCUT2D eigenvalue weighted by Gasteiger charge is 2.23. The first kappa shape index (κ1) is 15.8. The SMILES string of the molecule is CCNC(c1cc(F)c(F)cc1F)c1cccc(Cl)c1F. The molecule has 21 heavy (non-hydrogen) atoms. The molecule has 2 aromatic rings. The smallest absolute Gasteiger partial charge is 0.161 e. The molecule has 0 saturated heterocycles. The highest BCUT2D eigenvalue weighted by atomic mass is 35.5. The van der Waals surface area contributed by atoms with Crippen molar-refractivity contribution < 1.29 is 17.6 Å². The number of hydrogen-bond donors (Lipinski definition) is 1. The van der Waals surface area contributed by atoms with E-state index in [1.807, 2.05) is 0 Å². The Morgan fingerprint density at radius 3 is 2.33 bits per heavy atom. The van der Waals surface area contributed by atoms with E-state index >= 15 is 0 Å². The standard InChI is InChI=1S/C15H12ClF4N/c1-2-21-15(8-4-3-5-10(16)14(8)20)9-6-12(18)13(19)7-11(9)17/h3-7,15,21H,2H2,1H3. The molecule has 6 heteroatoms. The summed E-state index contributed by atoms with van der Waals surface area (Å²) < 4.78 is 54.4. The lowest BCUT2D eigenvalue weighted by molar-refractivity contribution is 0.477. The first-order valence-corrected chi connectivity index (χ1v) is 6.65. The first-order chi connectivity index (χ1) is 9.95. The number of rotatable bonds is 4. The van der Waals surface area contributed by atoms with Gasteiger partial charge in [0.1, 0.15) is 11.6 Å². The maximum atomic E-state index is 14.1. The summed E-state index contributed by atoms with van der Waals surface area (Å²) in [7, 11) is 0. The van der Waals surface area contributed by atoms with E-state index in [1.54, 1.807) is 6.92 Å². The Morgan fingerprint density at radius 1 is 1.00 bits per heavy atom. The Balaban J connectivity index is 2.59. The lowest BCUT2D eigenvalue weighted by atomic mass is 9.97. The van der Waals surface area contributed by atoms with Gasteiger partial charge in [-0.1, -0.05) is 30.7 Å². The van der Waals surface area contributed by atoms with Gasteiger partial charge >= 0.3 is 0 Å². The fourth-order valence-corrected chi connectivity index (χ4v) is 2.28. The lowest BCUT2D eigenvalue weighted by Crippen LogP contribution is -2.24. The van der Waals surface area contributed by atoms with Gasteiger partial charge in [-0.15, -0.1) is 0 Å². The summed E-state index contributed by atoms with van der Waals surface area (Å²) in [4.78, 5) is 0. The lowest BCUT2D eigenvalue weighted by Gasteiger charge is -2.20. The van der Waals surface area contributed by atoms with Crippen LogP contribution in [0.4, 0.5) is 17.6 Å². The molecular weight excluding hydrogens is 306 g/mol. The summed E-state index contributed by atoms with van der Waals surface area (Å²) in [6.45, 7) is 2.10. The summed E-state index contributed by atoms with van der Waals surface area (Å²) in [5.74, 6) is -4.18. The maximum Gasteiger partial charge on any atom is 0.161 e. The van der Waals surface area contributed by atoms with Gasteiger partial charge in [-0.3, -0.25) is 0 Å². The minimum Gasteiger partial charge on any atom is -0.306 e. The van der Waals surface area contributed by atoms with Gasteiger partial charge in [-0.2, -0.15) is 0 Å². The van der Waals surface area contributed by atoms with Crippen LogP contribution in [0, 0.1) is 23.3 Å². The molecule has 2 aromatic carbocycles. The molecule has 1 nitrogen and oxygen atoms in total. The van der Waals surface area contributed by atoms with E-state index in [-0.39, 0.29) is 16.1 Å². The van der Waals surface area contributed by atoms with E-state index in [0.717, 1.165) is 6.07 Å². The maximum absolute atomic E-state index is 14.1. The van der Waals surface area contributed by atoms with Crippen molar-refractivity contribution in [2.75, 3.05) is 6.54 Å². The van der Waals surface area contributed by atoms with Crippen LogP contribution in [0.5, 0.6) is 0 Å². The Morgan fingerprint density at radius 2 is 1.67 bits per heavy atom. The third-order valence-corrected chi connectivity index (χ3v) is 3.34. The van der Waals surface area contributed by atoms with E-state index in [0.29, 0.717) is 12.6 Å². The van der Waals surface area contributed by atoms with Crippen LogP contribution in [0.2, 0.25) is 5.02 Å². The molecule has 0 saturated carbocycles. The summed E-state index contributed by atoms with van der Waals surface area (Å²) >= 11 is 5.71. The molecule has 2 rings (SSSR count). The second kappa shape index (κ2) is 6.45. The molecule has 0 aromatic heterocycles. The molecule has 112 valence electrons. The summed E-state index contributed by atoms with van der Waals surface area (Å²) in [6.07, 6.45) is 0. The van der Waals surface area contributed by atoms with Gasteiger partial charge in [0.15, 0.2) is 11.6 Å². The summed E-state index contributed by atoms with van der Waals surface area (Å²) in [6, 6.07) is 4.46. The van der Waals surface area contributed by atoms with E-state index in [1.165, 1.54) is 18.2 Å². The number of nitrogens with one attached hydrogen (secondary N) is 1. The fraction of sp³-hybridized carbons (Fsp3) is 0.200. The van der Waals surface area contributed by atoms with Crippen molar-refractivity contribution in [3.05, 3.63) is 69.8 Å². The van der Waals surface area contributed by atoms with Crippen LogP contribution < -0.4 is 5.32 Å². The van der Waals surface area contributed by atoms with Crippen LogP contribution in [0.15, 0.2) is 30.3 Å². The van der Waals surface area contributed by atoms with Crippen molar-refractivity contribution in [3.63, 3.8) is 0 Å². The largest absolute Gasteiger partial charge is 0.306 e. The van der Waals surface area contributed by atoms with E-state index in [2.05, 4.69) is 5.32 Å². The molecule has 0 bridgehead atoms. The van der Waals surface area contributed by atoms with Gasteiger partial charge < -0.3 is 5.32 Å². The average molecular weight is 318 g/mol. The zero-order valence-corrected chi connectivity index (χ0v) is 11.8. The molecule has 1 atom stereocenters. The molecule has 0 aliphatic heterocycles. The topological polar surface area (TPSA) is 12.0 Å². The molecule has 0 amide bonds. The van der Waals surface area contributed by atoms with Crippen molar-refractivity contribution in [1.29, 1.82) is 0 Å². The molecular formula is C15H12ClF4N. The Bertz CT molecular complexity index is 660. The highest BCUT2D eigenvalue weighted by molar-refractivity contribution is 6.30. The molecule has 0 spiro atoms. The van der Waals surface area contributed by atoms with Crippen LogP contribution in [0.1, 0.15) is 24.1 Å². The molecule has 0 aliphatic carbocycles. The third kappa shape index (κ3) is 3.19. The van der Waals surface area contributed by atoms with Crippen LogP contribution in [0.3, 0.4) is 0 Å². The van der Waals surface area contributed by atoms with E-state index in [9.17, 15) is 17.6 Å². The van der Waals surface area contributed by atoms with Crippen LogP contribution in [0.25, 0.3) is 0 Å². The van der Waals surface area contributed by atoms with Gasteiger partial charge in [0, 0.05) is 17.2 Å². The minimum atomic E-state index is -1.29. The Kier molecular flexibility index (Phi) is 4.85. The number of halogens is 5. The number of benzene rings is 2. The molecule has 0 radical (unpaired) electrons. The zero-order chi connectivity index (χ0) is 15.6. The Labute approximate surface area is 124 Å². The summed E-state index contributed by atoms with van der Waals surface area (Å²) in [5.41, 5.74) is -0.119. The van der Waals surface area contributed by atoms with Gasteiger partial charge in [0.25, 0.3) is 0 Å². The van der Waals surface area contributed by atoms with Crippen molar-refractivity contribution in [1.82, 2.24) is 5.32 Å². The minimum absolute atomic E-state index is 0.0641. The third-order valence-electron chi connectivity index (χ3n) is 3.05. The van der Waals surface area contributed by atoms with E-state index < -0.39 is 29.3 Å². The van der Waals surface area contributed by atoms with Crippen LogP contribution >= 0.6 is 11.6 Å². The van der Waals surface area contributed by atoms with Gasteiger partial charge in [-0.05, 0) is 18.7 Å². The molecule has 1 N–H and O–H groups in total. The van der Waals surface area contributed by atoms with Crippen LogP contribution in [-0.4, -0.2) is 6.54 Å². The zero-order valence-electron chi connectivity index (χ0n) is 11.1. The predicted molar refractivity (Wildman–Crippen MR) is 73.2 cm³/mol. The van der Waals surface area contributed by atoms with Gasteiger partial charge in [0.2, 0.25) is 0 Å². The van der Waals surface area contributed by atoms with Crippen molar-refractivity contribution in [2.24, 2.45) is 0 Å². The molecule has 0 heterocycles. The molecule has 0 aliphatic rings. The van der Waals surface area contributed by atoms with Crippen LogP contribution in [-0.2, 0) is 0 Å². The van der Waals surface area contributed by atoms with Crippen molar-refractivity contribution in [3.8, 4) is 0 Å². The van der Waals surface area contributed by atoms with E-state index in [4.69, 9.17) is 11.6 Å². The van der Waals surface area contributed by atoms with Crippen molar-refractivity contribution in [2.45, 2.75) is 13.0 Å². The number of hydrogen-bond acceptors (Lipinski definition) is 1. The van der Waals surface area contributed by atoms with Gasteiger partial charge in [-0.25, -0.2) is 17.6 Å². The predicted octanol–water partition coefficient (Wildman–Crippen LogP) is 4.60. The fourth-order valence-electron chi connectivity index (χ4n) is 2.09. The second-order valence-corrected chi connectivity index (χ2v) is 4.83. The monoisotopic (exact) mass is 317 g/mol. The molecule has 0 fully saturated rings. The quantitative estimate of drug-likeness (QED) is 0.642. The van der Waals surface area contributed by atoms with Crippen molar-refractivity contribution >= 4 is 11.6 Å². The normalized spacial score (nSPS) is 12.5. The first-order valence-electron chi connectivity index (χ1n) is 6.27. The summed E-state index contributed by atoms with van der Waals surface area (Å²) in [5, 5.41) is 2.72. The Hall–Kier alpha value is -1.59. The molecule has 1 unspecified atom stereocenters. The van der Waals surface area contributed by atoms with Gasteiger partial charge in [0.05, 0.1) is 11.1 Å². The highest BCUT2D eigenvalue weighted by Crippen LogP contribution is 2.30. The average Bonchev–Trinajstić information content (AvgIpc) is 2.44.